The van der Waals surface area contributed by atoms with Gasteiger partial charge in [0.15, 0.2) is 11.4 Å². The molecule has 1 nitrogen and oxygen atoms in total. The predicted molar refractivity (Wildman–Crippen MR) is 72.0 cm³/mol. The highest BCUT2D eigenvalue weighted by atomic mass is 19.4. The number of hydrogen-bond acceptors (Lipinski definition) is 1. The lowest BCUT2D eigenvalue weighted by Gasteiger charge is -2.38. The van der Waals surface area contributed by atoms with E-state index in [1.165, 1.54) is 0 Å². The summed E-state index contributed by atoms with van der Waals surface area (Å²) >= 11 is 0. The number of allylic oxidation sites excluding steroid dienone is 1. The van der Waals surface area contributed by atoms with Gasteiger partial charge in [-0.15, -0.1) is 0 Å². The van der Waals surface area contributed by atoms with Crippen molar-refractivity contribution in [2.45, 2.75) is 42.2 Å². The molecule has 0 amide bonds. The molecule has 0 saturated carbocycles. The number of ether oxygens (including phenoxy) is 1. The maximum absolute atomic E-state index is 14.9. The van der Waals surface area contributed by atoms with Gasteiger partial charge in [0.1, 0.15) is 5.75 Å². The standard InChI is InChI=1S/C15H5F17O/c16-8(9(17,13(24,25)26)14(27,28)29)7(11(19,20)21)10(18,12(22,23)15(30,31)32)33-6-4-2-1-3-5-6/h1-5H/b8-7+. The Morgan fingerprint density at radius 1 is 0.576 bits per heavy atom. The van der Waals surface area contributed by atoms with Gasteiger partial charge in [-0.2, -0.15) is 65.9 Å². The molecule has 33 heavy (non-hydrogen) atoms. The zero-order valence-electron chi connectivity index (χ0n) is 14.7. The van der Waals surface area contributed by atoms with Crippen molar-refractivity contribution in [1.82, 2.24) is 0 Å². The molecule has 0 spiro atoms. The normalized spacial score (nSPS) is 17.4. The van der Waals surface area contributed by atoms with Crippen LogP contribution in [0.25, 0.3) is 0 Å². The Labute approximate surface area is 170 Å². The zero-order valence-corrected chi connectivity index (χ0v) is 14.7. The third-order valence-electron chi connectivity index (χ3n) is 3.67. The van der Waals surface area contributed by atoms with Gasteiger partial charge in [-0.05, 0) is 12.1 Å². The summed E-state index contributed by atoms with van der Waals surface area (Å²) in [4.78, 5) is 0. The minimum atomic E-state index is -7.87. The van der Waals surface area contributed by atoms with Crippen LogP contribution in [-0.2, 0) is 0 Å². The number of hydrogen-bond donors (Lipinski definition) is 0. The van der Waals surface area contributed by atoms with Crippen LogP contribution < -0.4 is 4.74 Å². The highest BCUT2D eigenvalue weighted by Crippen LogP contribution is 2.59. The zero-order chi connectivity index (χ0) is 26.5. The Hall–Kier alpha value is -2.43. The molecule has 0 fully saturated rings. The van der Waals surface area contributed by atoms with Crippen molar-refractivity contribution in [3.63, 3.8) is 0 Å². The maximum atomic E-state index is 14.9. The van der Waals surface area contributed by atoms with Gasteiger partial charge < -0.3 is 4.74 Å². The second-order valence-corrected chi connectivity index (χ2v) is 5.92. The highest BCUT2D eigenvalue weighted by molar-refractivity contribution is 5.36. The molecule has 0 bridgehead atoms. The molecule has 1 rings (SSSR count). The van der Waals surface area contributed by atoms with Crippen LogP contribution in [0.15, 0.2) is 41.7 Å². The quantitative estimate of drug-likeness (QED) is 0.362. The van der Waals surface area contributed by atoms with Crippen LogP contribution in [-0.4, -0.2) is 42.2 Å². The summed E-state index contributed by atoms with van der Waals surface area (Å²) in [6, 6.07) is 2.26. The fourth-order valence-electron chi connectivity index (χ4n) is 2.14. The van der Waals surface area contributed by atoms with E-state index in [0.717, 1.165) is 6.07 Å². The van der Waals surface area contributed by atoms with E-state index < -0.39 is 59.3 Å². The van der Waals surface area contributed by atoms with Crippen LogP contribution in [0.4, 0.5) is 74.6 Å². The Bertz CT molecular complexity index is 844. The van der Waals surface area contributed by atoms with Crippen molar-refractivity contribution >= 4 is 0 Å². The predicted octanol–water partition coefficient (Wildman–Crippen LogP) is 7.55. The van der Waals surface area contributed by atoms with Gasteiger partial charge in [0.05, 0.1) is 0 Å². The van der Waals surface area contributed by atoms with Crippen LogP contribution in [0.2, 0.25) is 0 Å². The van der Waals surface area contributed by atoms with Crippen molar-refractivity contribution in [3.8, 4) is 5.75 Å². The SMILES string of the molecule is F/C(=C(/C(F)(F)F)C(F)(Oc1ccccc1)C(F)(F)C(F)(F)F)C(F)(C(F)(F)F)C(F)(F)F. The van der Waals surface area contributed by atoms with E-state index in [9.17, 15) is 74.6 Å². The van der Waals surface area contributed by atoms with E-state index in [1.807, 2.05) is 0 Å². The minimum Gasteiger partial charge on any atom is -0.448 e. The Morgan fingerprint density at radius 3 is 1.27 bits per heavy atom. The number of benzene rings is 1. The number of halogens is 17. The Kier molecular flexibility index (Phi) is 7.03. The van der Waals surface area contributed by atoms with E-state index in [0.29, 0.717) is 12.1 Å². The van der Waals surface area contributed by atoms with Gasteiger partial charge in [-0.3, -0.25) is 0 Å². The van der Waals surface area contributed by atoms with Gasteiger partial charge in [-0.1, -0.05) is 18.2 Å². The van der Waals surface area contributed by atoms with Crippen LogP contribution >= 0.6 is 0 Å². The van der Waals surface area contributed by atoms with Crippen LogP contribution in [0.5, 0.6) is 5.75 Å². The lowest BCUT2D eigenvalue weighted by Crippen LogP contribution is -2.63. The molecule has 0 aliphatic rings. The van der Waals surface area contributed by atoms with Gasteiger partial charge in [0, 0.05) is 0 Å². The Morgan fingerprint density at radius 2 is 0.970 bits per heavy atom. The van der Waals surface area contributed by atoms with Crippen LogP contribution in [0.3, 0.4) is 0 Å². The molecule has 0 aliphatic carbocycles. The first kappa shape index (κ1) is 28.6. The average Bonchev–Trinajstić information content (AvgIpc) is 2.57. The molecule has 0 aromatic heterocycles. The van der Waals surface area contributed by atoms with Crippen LogP contribution in [0.1, 0.15) is 0 Å². The highest BCUT2D eigenvalue weighted by Gasteiger charge is 2.83. The summed E-state index contributed by atoms with van der Waals surface area (Å²) in [5.41, 5.74) is -13.1. The lowest BCUT2D eigenvalue weighted by molar-refractivity contribution is -0.364. The van der Waals surface area contributed by atoms with Crippen molar-refractivity contribution in [2.24, 2.45) is 0 Å². The van der Waals surface area contributed by atoms with E-state index in [4.69, 9.17) is 0 Å². The second kappa shape index (κ2) is 8.11. The smallest absolute Gasteiger partial charge is 0.448 e. The van der Waals surface area contributed by atoms with Crippen LogP contribution in [0, 0.1) is 0 Å². The van der Waals surface area contributed by atoms with E-state index >= 15 is 0 Å². The third kappa shape index (κ3) is 4.78. The molecule has 1 aromatic carbocycles. The lowest BCUT2D eigenvalue weighted by atomic mass is 9.91. The summed E-state index contributed by atoms with van der Waals surface area (Å²) in [5.74, 6) is -22.1. The molecule has 1 atom stereocenters. The average molecular weight is 524 g/mol. The molecule has 0 heterocycles. The summed E-state index contributed by atoms with van der Waals surface area (Å²) in [6.45, 7) is 0. The topological polar surface area (TPSA) is 9.23 Å². The molecule has 0 radical (unpaired) electrons. The van der Waals surface area contributed by atoms with Crippen molar-refractivity contribution in [2.75, 3.05) is 0 Å². The molecule has 0 aliphatic heterocycles. The molecular formula is C15H5F17O. The molecule has 0 saturated heterocycles. The molecule has 0 N–H and O–H groups in total. The summed E-state index contributed by atoms with van der Waals surface area (Å²) < 4.78 is 227. The largest absolute Gasteiger partial charge is 0.461 e. The minimum absolute atomic E-state index is 0.128. The van der Waals surface area contributed by atoms with Crippen molar-refractivity contribution in [1.29, 1.82) is 0 Å². The first-order valence-electron chi connectivity index (χ1n) is 7.53. The van der Waals surface area contributed by atoms with Gasteiger partial charge in [0.25, 0.3) is 0 Å². The van der Waals surface area contributed by atoms with Gasteiger partial charge in [-0.25, -0.2) is 8.78 Å². The molecule has 1 aromatic rings. The molecule has 18 heteroatoms. The number of para-hydroxylation sites is 1. The fraction of sp³-hybridized carbons (Fsp3) is 0.467. The maximum Gasteiger partial charge on any atom is 0.461 e. The van der Waals surface area contributed by atoms with E-state index in [-0.39, 0.29) is 12.1 Å². The first-order chi connectivity index (χ1) is 14.4. The second-order valence-electron chi connectivity index (χ2n) is 5.92. The van der Waals surface area contributed by atoms with Crippen molar-refractivity contribution in [3.05, 3.63) is 41.7 Å². The molecule has 190 valence electrons. The Balaban J connectivity index is 4.26. The first-order valence-corrected chi connectivity index (χ1v) is 7.53. The van der Waals surface area contributed by atoms with E-state index in [2.05, 4.69) is 4.74 Å². The monoisotopic (exact) mass is 524 g/mol. The van der Waals surface area contributed by atoms with Gasteiger partial charge >= 0.3 is 42.2 Å². The summed E-state index contributed by atoms with van der Waals surface area (Å²) in [7, 11) is 0. The van der Waals surface area contributed by atoms with Crippen molar-refractivity contribution < 1.29 is 79.4 Å². The fourth-order valence-corrected chi connectivity index (χ4v) is 2.14. The van der Waals surface area contributed by atoms with E-state index in [1.54, 1.807) is 0 Å². The third-order valence-corrected chi connectivity index (χ3v) is 3.67. The molecular weight excluding hydrogens is 519 g/mol. The van der Waals surface area contributed by atoms with Gasteiger partial charge in [0.2, 0.25) is 0 Å². The molecule has 1 unspecified atom stereocenters. The number of alkyl halides is 16. The summed E-state index contributed by atoms with van der Waals surface area (Å²) in [6.07, 6.45) is -30.7. The summed E-state index contributed by atoms with van der Waals surface area (Å²) in [5, 5.41) is 0. The number of rotatable bonds is 5.